The lowest BCUT2D eigenvalue weighted by molar-refractivity contribution is 0.137. The van der Waals surface area contributed by atoms with Gasteiger partial charge in [-0.1, -0.05) is 96.8 Å². The van der Waals surface area contributed by atoms with Gasteiger partial charge in [0.15, 0.2) is 0 Å². The molecule has 1 atom stereocenters. The molecule has 0 radical (unpaired) electrons. The maximum absolute atomic E-state index is 11.9. The minimum Gasteiger partial charge on any atom is -0.303 e. The zero-order valence-corrected chi connectivity index (χ0v) is 20.7. The van der Waals surface area contributed by atoms with Crippen molar-refractivity contribution in [1.82, 2.24) is 4.90 Å². The molecule has 1 fully saturated rings. The number of hydrogen-bond acceptors (Lipinski definition) is 4. The summed E-state index contributed by atoms with van der Waals surface area (Å²) < 4.78 is 22.1. The van der Waals surface area contributed by atoms with E-state index >= 15 is 0 Å². The van der Waals surface area contributed by atoms with E-state index < -0.39 is 7.82 Å². The van der Waals surface area contributed by atoms with Crippen molar-refractivity contribution in [2.24, 2.45) is 0 Å². The largest absolute Gasteiger partial charge is 0.472 e. The first-order valence-corrected chi connectivity index (χ1v) is 14.5. The summed E-state index contributed by atoms with van der Waals surface area (Å²) in [4.78, 5) is 12.2. The number of phosphoric ester groups is 1. The maximum Gasteiger partial charge on any atom is 0.472 e. The second-order valence-electron chi connectivity index (χ2n) is 8.99. The normalized spacial score (nSPS) is 17.3. The van der Waals surface area contributed by atoms with Crippen molar-refractivity contribution in [3.8, 4) is 0 Å². The Labute approximate surface area is 186 Å². The SMILES string of the molecule is CCCCCCCCCCCCCCCCOP(=O)(O)OCCCN1CCCCC1. The molecule has 1 heterocycles. The Hall–Kier alpha value is 0.0700. The van der Waals surface area contributed by atoms with Gasteiger partial charge in [-0.3, -0.25) is 9.05 Å². The molecule has 1 aliphatic heterocycles. The number of phosphoric acid groups is 1. The Bertz CT molecular complexity index is 416. The second-order valence-corrected chi connectivity index (χ2v) is 10.4. The van der Waals surface area contributed by atoms with Crippen LogP contribution in [0.5, 0.6) is 0 Å². The van der Waals surface area contributed by atoms with Gasteiger partial charge in [0.05, 0.1) is 13.2 Å². The smallest absolute Gasteiger partial charge is 0.303 e. The molecule has 0 aromatic rings. The third-order valence-corrected chi connectivity index (χ3v) is 7.09. The van der Waals surface area contributed by atoms with Crippen LogP contribution in [0.4, 0.5) is 0 Å². The highest BCUT2D eigenvalue weighted by Crippen LogP contribution is 2.43. The van der Waals surface area contributed by atoms with Gasteiger partial charge in [-0.15, -0.1) is 0 Å². The van der Waals surface area contributed by atoms with Crippen LogP contribution < -0.4 is 0 Å². The van der Waals surface area contributed by atoms with E-state index in [1.54, 1.807) is 0 Å². The molecule has 5 nitrogen and oxygen atoms in total. The fourth-order valence-electron chi connectivity index (χ4n) is 4.16. The Kier molecular flexibility index (Phi) is 18.5. The summed E-state index contributed by atoms with van der Waals surface area (Å²) in [7, 11) is -3.87. The Balaban J connectivity index is 1.80. The van der Waals surface area contributed by atoms with Crippen LogP contribution in [0.2, 0.25) is 0 Å². The molecular formula is C24H50NO4P. The summed E-state index contributed by atoms with van der Waals surface area (Å²) in [6.45, 7) is 6.12. The van der Waals surface area contributed by atoms with Crippen molar-refractivity contribution in [3.63, 3.8) is 0 Å². The lowest BCUT2D eigenvalue weighted by Gasteiger charge is -2.26. The van der Waals surface area contributed by atoms with E-state index in [9.17, 15) is 9.46 Å². The van der Waals surface area contributed by atoms with Crippen LogP contribution in [0.15, 0.2) is 0 Å². The van der Waals surface area contributed by atoms with E-state index in [1.807, 2.05) is 0 Å². The van der Waals surface area contributed by atoms with Gasteiger partial charge < -0.3 is 9.79 Å². The molecule has 1 rings (SSSR count). The molecule has 0 aliphatic carbocycles. The fourth-order valence-corrected chi connectivity index (χ4v) is 4.96. The van der Waals surface area contributed by atoms with E-state index in [2.05, 4.69) is 11.8 Å². The van der Waals surface area contributed by atoms with E-state index in [1.165, 1.54) is 96.3 Å². The van der Waals surface area contributed by atoms with Crippen molar-refractivity contribution in [2.45, 2.75) is 122 Å². The Morgan fingerprint density at radius 1 is 0.667 bits per heavy atom. The summed E-state index contributed by atoms with van der Waals surface area (Å²) in [5.74, 6) is 0. The standard InChI is InChI=1S/C24H50NO4P/c1-2-3-4-5-6-7-8-9-10-11-12-13-14-18-23-28-30(26,27)29-24-19-22-25-20-16-15-17-21-25/h2-24H2,1H3,(H,26,27). The van der Waals surface area contributed by atoms with Gasteiger partial charge >= 0.3 is 7.82 Å². The molecule has 0 bridgehead atoms. The van der Waals surface area contributed by atoms with E-state index in [0.717, 1.165) is 38.9 Å². The van der Waals surface area contributed by atoms with Gasteiger partial charge in [0.2, 0.25) is 0 Å². The number of piperidine rings is 1. The number of rotatable bonds is 21. The quantitative estimate of drug-likeness (QED) is 0.146. The summed E-state index contributed by atoms with van der Waals surface area (Å²) in [6, 6.07) is 0. The van der Waals surface area contributed by atoms with E-state index in [0.29, 0.717) is 13.2 Å². The van der Waals surface area contributed by atoms with Gasteiger partial charge in [0.25, 0.3) is 0 Å². The monoisotopic (exact) mass is 447 g/mol. The van der Waals surface area contributed by atoms with Crippen LogP contribution in [0.1, 0.15) is 122 Å². The van der Waals surface area contributed by atoms with Gasteiger partial charge in [0, 0.05) is 6.54 Å². The van der Waals surface area contributed by atoms with Crippen LogP contribution in [0.25, 0.3) is 0 Å². The molecule has 6 heteroatoms. The molecule has 0 amide bonds. The average molecular weight is 448 g/mol. The highest BCUT2D eigenvalue weighted by atomic mass is 31.2. The summed E-state index contributed by atoms with van der Waals surface area (Å²) in [6.07, 6.45) is 22.8. The molecule has 0 saturated carbocycles. The zero-order chi connectivity index (χ0) is 21.8. The highest BCUT2D eigenvalue weighted by molar-refractivity contribution is 7.47. The number of likely N-dealkylation sites (tertiary alicyclic amines) is 1. The summed E-state index contributed by atoms with van der Waals surface area (Å²) in [5, 5.41) is 0. The first kappa shape index (κ1) is 28.1. The lowest BCUT2D eigenvalue weighted by Crippen LogP contribution is -2.31. The Morgan fingerprint density at radius 3 is 1.60 bits per heavy atom. The van der Waals surface area contributed by atoms with Crippen molar-refractivity contribution < 1.29 is 18.5 Å². The first-order valence-electron chi connectivity index (χ1n) is 13.0. The van der Waals surface area contributed by atoms with Crippen LogP contribution >= 0.6 is 7.82 Å². The molecule has 180 valence electrons. The van der Waals surface area contributed by atoms with Crippen LogP contribution in [-0.2, 0) is 13.6 Å². The third kappa shape index (κ3) is 17.7. The lowest BCUT2D eigenvalue weighted by atomic mass is 10.0. The molecule has 1 N–H and O–H groups in total. The zero-order valence-electron chi connectivity index (χ0n) is 19.8. The molecule has 30 heavy (non-hydrogen) atoms. The number of hydrogen-bond donors (Lipinski definition) is 1. The number of nitrogens with zero attached hydrogens (tertiary/aromatic N) is 1. The maximum atomic E-state index is 11.9. The van der Waals surface area contributed by atoms with Crippen LogP contribution in [0, 0.1) is 0 Å². The van der Waals surface area contributed by atoms with Crippen LogP contribution in [0.3, 0.4) is 0 Å². The average Bonchev–Trinajstić information content (AvgIpc) is 2.75. The van der Waals surface area contributed by atoms with Gasteiger partial charge in [-0.2, -0.15) is 0 Å². The van der Waals surface area contributed by atoms with Gasteiger partial charge in [-0.05, 0) is 38.8 Å². The number of unbranched alkanes of at least 4 members (excludes halogenated alkanes) is 13. The summed E-state index contributed by atoms with van der Waals surface area (Å²) >= 11 is 0. The molecule has 0 aromatic carbocycles. The van der Waals surface area contributed by atoms with Crippen LogP contribution in [-0.4, -0.2) is 42.6 Å². The van der Waals surface area contributed by atoms with Gasteiger partial charge in [-0.25, -0.2) is 4.57 Å². The molecular weight excluding hydrogens is 397 g/mol. The van der Waals surface area contributed by atoms with E-state index in [4.69, 9.17) is 9.05 Å². The molecule has 1 aliphatic rings. The minimum absolute atomic E-state index is 0.295. The van der Waals surface area contributed by atoms with Gasteiger partial charge in [0.1, 0.15) is 0 Å². The Morgan fingerprint density at radius 2 is 1.10 bits per heavy atom. The highest BCUT2D eigenvalue weighted by Gasteiger charge is 2.20. The fraction of sp³-hybridized carbons (Fsp3) is 1.00. The first-order chi connectivity index (χ1) is 14.6. The molecule has 0 aromatic heterocycles. The van der Waals surface area contributed by atoms with Crippen molar-refractivity contribution in [3.05, 3.63) is 0 Å². The molecule has 0 spiro atoms. The molecule has 1 unspecified atom stereocenters. The van der Waals surface area contributed by atoms with Crippen molar-refractivity contribution >= 4 is 7.82 Å². The predicted octanol–water partition coefficient (Wildman–Crippen LogP) is 7.48. The summed E-state index contributed by atoms with van der Waals surface area (Å²) in [5.41, 5.74) is 0. The topological polar surface area (TPSA) is 59.0 Å². The third-order valence-electron chi connectivity index (χ3n) is 6.07. The van der Waals surface area contributed by atoms with Crippen molar-refractivity contribution in [2.75, 3.05) is 32.8 Å². The molecule has 1 saturated heterocycles. The van der Waals surface area contributed by atoms with Crippen molar-refractivity contribution in [1.29, 1.82) is 0 Å². The predicted molar refractivity (Wildman–Crippen MR) is 127 cm³/mol. The minimum atomic E-state index is -3.87. The van der Waals surface area contributed by atoms with E-state index in [-0.39, 0.29) is 0 Å². The second kappa shape index (κ2) is 19.7.